The molecule has 8 heteroatoms. The highest BCUT2D eigenvalue weighted by Crippen LogP contribution is 2.46. The maximum Gasteiger partial charge on any atom is 0.160 e. The van der Waals surface area contributed by atoms with E-state index in [-0.39, 0.29) is 0 Å². The third kappa shape index (κ3) is 12.8. The number of halogens is 1. The Morgan fingerprint density at radius 3 is 1.11 bits per heavy atom. The summed E-state index contributed by atoms with van der Waals surface area (Å²) in [5.74, 6) is 1.40. The largest absolute Gasteiger partial charge is 0.309 e. The molecule has 0 radical (unpaired) electrons. The lowest BCUT2D eigenvalue weighted by atomic mass is 10.0. The van der Waals surface area contributed by atoms with Crippen molar-refractivity contribution in [2.75, 3.05) is 0 Å². The zero-order valence-electron chi connectivity index (χ0n) is 61.5. The molecule has 0 saturated heterocycles. The fourth-order valence-corrected chi connectivity index (χ4v) is 16.6. The van der Waals surface area contributed by atoms with Gasteiger partial charge < -0.3 is 13.7 Å². The van der Waals surface area contributed by atoms with E-state index in [2.05, 4.69) is 335 Å². The van der Waals surface area contributed by atoms with Crippen molar-refractivity contribution < 1.29 is 0 Å². The molecule has 7 nitrogen and oxygen atoms in total. The van der Waals surface area contributed by atoms with E-state index in [9.17, 15) is 0 Å². The van der Waals surface area contributed by atoms with Crippen LogP contribution in [0.5, 0.6) is 0 Å². The predicted octanol–water partition coefficient (Wildman–Crippen LogP) is 27.5. The first-order valence-corrected chi connectivity index (χ1v) is 38.6. The van der Waals surface area contributed by atoms with Gasteiger partial charge in [-0.3, -0.25) is 0 Å². The van der Waals surface area contributed by atoms with Crippen LogP contribution in [0.1, 0.15) is 11.1 Å². The molecule has 1 aliphatic rings. The summed E-state index contributed by atoms with van der Waals surface area (Å²) in [6.07, 6.45) is 1.02. The molecular formula is C105H70ClN7. The maximum absolute atomic E-state index is 6.10. The number of benzene rings is 16. The Balaban J connectivity index is 0.000000122. The SMILES string of the molecule is Clc1ccc(-c2cc(-c3cccc(-c4ccccc4)c3)nc(-c3ccccc3)n2)cc1.c1ccc(-c2cccc(-c3cc(-c4ccc(-n5c6ccccc6c6ccc7c(c8ccccc8n7-c7ccccc7)c65)cc4)nc(-c4ccccc4)n3)c2)cc1.c1ccc(-n2c3ccccc3c3c4c(ccc32)-c2ccccc2C4)cc1. The molecule has 0 N–H and O–H groups in total. The van der Waals surface area contributed by atoms with E-state index >= 15 is 0 Å². The highest BCUT2D eigenvalue weighted by Gasteiger charge is 2.26. The number of aromatic nitrogens is 7. The van der Waals surface area contributed by atoms with E-state index in [1.54, 1.807) is 0 Å². The summed E-state index contributed by atoms with van der Waals surface area (Å²) in [5, 5.41) is 8.39. The number of hydrogen-bond donors (Lipinski definition) is 0. The Morgan fingerprint density at radius 1 is 0.221 bits per heavy atom. The average molecular weight is 1470 g/mol. The Labute approximate surface area is 659 Å². The van der Waals surface area contributed by atoms with Gasteiger partial charge in [0.25, 0.3) is 0 Å². The highest BCUT2D eigenvalue weighted by molar-refractivity contribution is 6.30. The van der Waals surface area contributed by atoms with Crippen LogP contribution in [0.15, 0.2) is 413 Å². The van der Waals surface area contributed by atoms with Gasteiger partial charge in [-0.15, -0.1) is 0 Å². The lowest BCUT2D eigenvalue weighted by molar-refractivity contribution is 1.17. The average Bonchev–Trinajstić information content (AvgIpc) is 1.54. The summed E-state index contributed by atoms with van der Waals surface area (Å²) in [4.78, 5) is 20.0. The zero-order valence-corrected chi connectivity index (χ0v) is 62.2. The van der Waals surface area contributed by atoms with E-state index < -0.39 is 0 Å². The molecule has 0 unspecified atom stereocenters. The minimum Gasteiger partial charge on any atom is -0.309 e. The van der Waals surface area contributed by atoms with Crippen LogP contribution in [-0.4, -0.2) is 33.6 Å². The summed E-state index contributed by atoms with van der Waals surface area (Å²) in [6.45, 7) is 0. The van der Waals surface area contributed by atoms with Gasteiger partial charge in [-0.2, -0.15) is 0 Å². The molecule has 0 spiro atoms. The van der Waals surface area contributed by atoms with E-state index in [0.717, 1.165) is 85.1 Å². The number of hydrogen-bond acceptors (Lipinski definition) is 4. The molecule has 0 amide bonds. The molecule has 0 aliphatic heterocycles. The number of nitrogens with zero attached hydrogens (tertiary/aromatic N) is 7. The summed E-state index contributed by atoms with van der Waals surface area (Å²) in [5.41, 5.74) is 30.8. The predicted molar refractivity (Wildman–Crippen MR) is 470 cm³/mol. The van der Waals surface area contributed by atoms with Crippen LogP contribution in [0.2, 0.25) is 5.02 Å². The molecule has 1 aliphatic carbocycles. The van der Waals surface area contributed by atoms with Crippen LogP contribution in [0.3, 0.4) is 0 Å². The number of fused-ring (bicyclic) bond motifs is 14. The van der Waals surface area contributed by atoms with Crippen molar-refractivity contribution in [1.82, 2.24) is 33.6 Å². The van der Waals surface area contributed by atoms with Crippen molar-refractivity contribution in [2.45, 2.75) is 6.42 Å². The minimum atomic E-state index is 0.701. The monoisotopic (exact) mass is 1460 g/mol. The smallest absolute Gasteiger partial charge is 0.160 e. The van der Waals surface area contributed by atoms with E-state index in [1.165, 1.54) is 104 Å². The second-order valence-electron chi connectivity index (χ2n) is 28.5. The Morgan fingerprint density at radius 2 is 0.593 bits per heavy atom. The molecule has 16 aromatic carbocycles. The molecule has 0 saturated carbocycles. The number of para-hydroxylation sites is 5. The molecule has 5 heterocycles. The van der Waals surface area contributed by atoms with Gasteiger partial charge in [0.2, 0.25) is 0 Å². The molecule has 22 rings (SSSR count). The maximum atomic E-state index is 6.10. The van der Waals surface area contributed by atoms with Crippen LogP contribution in [0.25, 0.3) is 184 Å². The van der Waals surface area contributed by atoms with Gasteiger partial charge >= 0.3 is 0 Å². The molecule has 0 atom stereocenters. The van der Waals surface area contributed by atoms with E-state index in [0.29, 0.717) is 16.7 Å². The van der Waals surface area contributed by atoms with Gasteiger partial charge in [-0.1, -0.05) is 321 Å². The van der Waals surface area contributed by atoms with Gasteiger partial charge in [-0.25, -0.2) is 19.9 Å². The van der Waals surface area contributed by atoms with E-state index in [1.807, 2.05) is 91.0 Å². The Hall–Kier alpha value is -14.6. The Kier molecular flexibility index (Phi) is 17.6. The summed E-state index contributed by atoms with van der Waals surface area (Å²) < 4.78 is 7.23. The number of rotatable bonds is 11. The van der Waals surface area contributed by atoms with Crippen molar-refractivity contribution in [3.05, 3.63) is 429 Å². The molecule has 21 aromatic rings. The highest BCUT2D eigenvalue weighted by atomic mass is 35.5. The van der Waals surface area contributed by atoms with Crippen molar-refractivity contribution in [3.8, 4) is 118 Å². The first kappa shape index (κ1) is 67.7. The molecule has 0 bridgehead atoms. The van der Waals surface area contributed by atoms with Crippen LogP contribution in [0.4, 0.5) is 0 Å². The molecule has 532 valence electrons. The zero-order chi connectivity index (χ0) is 75.1. The third-order valence-corrected chi connectivity index (χ3v) is 22.0. The normalized spacial score (nSPS) is 11.5. The van der Waals surface area contributed by atoms with Crippen molar-refractivity contribution in [1.29, 1.82) is 0 Å². The molecular weight excluding hydrogens is 1390 g/mol. The summed E-state index contributed by atoms with van der Waals surface area (Å²) in [6, 6.07) is 145. The van der Waals surface area contributed by atoms with Gasteiger partial charge in [-0.05, 0) is 154 Å². The Bertz CT molecular complexity index is 7100. The molecule has 113 heavy (non-hydrogen) atoms. The van der Waals surface area contributed by atoms with Crippen molar-refractivity contribution in [3.63, 3.8) is 0 Å². The minimum absolute atomic E-state index is 0.701. The summed E-state index contributed by atoms with van der Waals surface area (Å²) in [7, 11) is 0. The van der Waals surface area contributed by atoms with Gasteiger partial charge in [0, 0.05) is 87.8 Å². The van der Waals surface area contributed by atoms with Crippen LogP contribution >= 0.6 is 11.6 Å². The first-order valence-electron chi connectivity index (χ1n) is 38.2. The van der Waals surface area contributed by atoms with E-state index in [4.69, 9.17) is 31.5 Å². The fourth-order valence-electron chi connectivity index (χ4n) is 16.5. The van der Waals surface area contributed by atoms with Gasteiger partial charge in [0.15, 0.2) is 11.6 Å². The second kappa shape index (κ2) is 29.4. The fraction of sp³-hybridized carbons (Fsp3) is 0.00952. The second-order valence-corrected chi connectivity index (χ2v) is 28.9. The first-order chi connectivity index (χ1) is 56.0. The van der Waals surface area contributed by atoms with Gasteiger partial charge in [0.05, 0.1) is 55.9 Å². The van der Waals surface area contributed by atoms with Crippen LogP contribution in [-0.2, 0) is 6.42 Å². The van der Waals surface area contributed by atoms with Crippen molar-refractivity contribution in [2.24, 2.45) is 0 Å². The lowest BCUT2D eigenvalue weighted by Crippen LogP contribution is -1.97. The quantitative estimate of drug-likeness (QED) is 0.129. The van der Waals surface area contributed by atoms with Crippen molar-refractivity contribution >= 4 is 77.0 Å². The molecule has 0 fully saturated rings. The standard InChI is InChI=1S/C52H34N4.C28H19ClN2.C25H17N/c1-4-15-35(16-5-1)38-19-14-20-39(33-38)46-34-45(53-52(54-46)37-17-6-2-7-18-37)36-27-29-41(30-28-36)56-47-25-12-10-23-42(47)43-31-32-49-50(51(43)56)44-24-11-13-26-48(44)55(49)40-21-8-3-9-22-40;29-25-16-14-21(15-17-25)26-19-27(31-28(30-26)22-10-5-2-6-11-22)24-13-7-12-23(18-24)20-8-3-1-4-9-20;1-2-9-18(10-3-1)26-23-13-7-6-12-21(23)25-22-16-17-8-4-5-11-19(17)20(22)14-15-24(25)26/h1-34H;1-19H;1-15H,16H2. The summed E-state index contributed by atoms with van der Waals surface area (Å²) >= 11 is 6.10. The lowest BCUT2D eigenvalue weighted by Gasteiger charge is -2.12. The molecule has 5 aromatic heterocycles. The van der Waals surface area contributed by atoms with Crippen LogP contribution < -0.4 is 0 Å². The van der Waals surface area contributed by atoms with Gasteiger partial charge in [0.1, 0.15) is 0 Å². The topological polar surface area (TPSA) is 66.3 Å². The van der Waals surface area contributed by atoms with Crippen LogP contribution in [0, 0.1) is 0 Å². The third-order valence-electron chi connectivity index (χ3n) is 21.7.